The van der Waals surface area contributed by atoms with Crippen molar-refractivity contribution in [3.05, 3.63) is 0 Å². The Morgan fingerprint density at radius 3 is 2.38 bits per heavy atom. The van der Waals surface area contributed by atoms with Gasteiger partial charge in [0.25, 0.3) is 0 Å². The lowest BCUT2D eigenvalue weighted by molar-refractivity contribution is -0.00258. The van der Waals surface area contributed by atoms with Crippen LogP contribution in [0.3, 0.4) is 0 Å². The minimum absolute atomic E-state index is 0.512. The van der Waals surface area contributed by atoms with Crippen LogP contribution >= 0.6 is 0 Å². The van der Waals surface area contributed by atoms with Gasteiger partial charge in [0.2, 0.25) is 0 Å². The maximum atomic E-state index is 5.75. The molecule has 0 bridgehead atoms. The van der Waals surface area contributed by atoms with Gasteiger partial charge in [0.05, 0.1) is 0 Å². The monoisotopic (exact) mass is 204 g/mol. The van der Waals surface area contributed by atoms with Gasteiger partial charge < -0.3 is 13.3 Å². The van der Waals surface area contributed by atoms with Gasteiger partial charge in [-0.1, -0.05) is 20.3 Å². The Balaban J connectivity index is 2.47. The summed E-state index contributed by atoms with van der Waals surface area (Å²) in [7, 11) is -2.22. The van der Waals surface area contributed by atoms with Crippen molar-refractivity contribution in [3.8, 4) is 0 Å². The van der Waals surface area contributed by atoms with Crippen LogP contribution in [-0.4, -0.2) is 28.6 Å². The second-order valence-electron chi connectivity index (χ2n) is 3.59. The van der Waals surface area contributed by atoms with Gasteiger partial charge in [-0.05, 0) is 6.92 Å². The Kier molecular flexibility index (Phi) is 4.38. The van der Waals surface area contributed by atoms with Crippen molar-refractivity contribution in [2.24, 2.45) is 5.92 Å². The first kappa shape index (κ1) is 11.2. The van der Waals surface area contributed by atoms with Crippen LogP contribution in [0.5, 0.6) is 0 Å². The molecular formula is C9H20O3Si. The van der Waals surface area contributed by atoms with Gasteiger partial charge in [-0.3, -0.25) is 0 Å². The Morgan fingerprint density at radius 1 is 1.31 bits per heavy atom. The molecule has 3 nitrogen and oxygen atoms in total. The second-order valence-corrected chi connectivity index (χ2v) is 6.33. The topological polar surface area (TPSA) is 27.7 Å². The summed E-state index contributed by atoms with van der Waals surface area (Å²) in [6.45, 7) is 8.56. The normalized spacial score (nSPS) is 34.8. The molecule has 78 valence electrons. The zero-order valence-electron chi connectivity index (χ0n) is 8.84. The first-order chi connectivity index (χ1) is 6.22. The molecule has 0 amide bonds. The standard InChI is InChI=1S/C9H20O3Si/c1-4-6-13(10-5-2)11-7-9(3)8-12-13/h9H,4-8H2,1-3H3. The van der Waals surface area contributed by atoms with E-state index in [1.54, 1.807) is 0 Å². The van der Waals surface area contributed by atoms with Crippen molar-refractivity contribution >= 4 is 8.80 Å². The van der Waals surface area contributed by atoms with Gasteiger partial charge in [0.15, 0.2) is 0 Å². The second kappa shape index (κ2) is 5.10. The van der Waals surface area contributed by atoms with Crippen LogP contribution in [-0.2, 0) is 13.3 Å². The SMILES string of the molecule is CCC[Si]1(OCC)OCC(C)CO1. The van der Waals surface area contributed by atoms with Crippen LogP contribution in [0.1, 0.15) is 27.2 Å². The van der Waals surface area contributed by atoms with Gasteiger partial charge in [0.1, 0.15) is 0 Å². The summed E-state index contributed by atoms with van der Waals surface area (Å²) in [4.78, 5) is 0. The zero-order chi connectivity index (χ0) is 9.73. The van der Waals surface area contributed by atoms with E-state index in [4.69, 9.17) is 13.3 Å². The Morgan fingerprint density at radius 2 is 1.92 bits per heavy atom. The van der Waals surface area contributed by atoms with E-state index in [-0.39, 0.29) is 0 Å². The molecule has 1 heterocycles. The molecule has 0 aromatic heterocycles. The maximum Gasteiger partial charge on any atom is 0.500 e. The molecule has 0 unspecified atom stereocenters. The van der Waals surface area contributed by atoms with Crippen molar-refractivity contribution in [1.82, 2.24) is 0 Å². The van der Waals surface area contributed by atoms with Crippen LogP contribution < -0.4 is 0 Å². The summed E-state index contributed by atoms with van der Waals surface area (Å²) in [5.41, 5.74) is 0. The molecule has 1 fully saturated rings. The number of rotatable bonds is 4. The van der Waals surface area contributed by atoms with Crippen molar-refractivity contribution in [2.45, 2.75) is 33.2 Å². The van der Waals surface area contributed by atoms with Crippen molar-refractivity contribution in [1.29, 1.82) is 0 Å². The quantitative estimate of drug-likeness (QED) is 0.656. The summed E-state index contributed by atoms with van der Waals surface area (Å²) >= 11 is 0. The van der Waals surface area contributed by atoms with E-state index in [1.165, 1.54) is 0 Å². The summed E-state index contributed by atoms with van der Waals surface area (Å²) in [5, 5.41) is 0. The van der Waals surface area contributed by atoms with Crippen LogP contribution in [0, 0.1) is 5.92 Å². The molecule has 1 aliphatic heterocycles. The van der Waals surface area contributed by atoms with Crippen LogP contribution in [0.15, 0.2) is 0 Å². The fourth-order valence-corrected chi connectivity index (χ4v) is 4.27. The first-order valence-corrected chi connectivity index (χ1v) is 7.07. The highest BCUT2D eigenvalue weighted by Crippen LogP contribution is 2.23. The third-order valence-corrected chi connectivity index (χ3v) is 5.15. The van der Waals surface area contributed by atoms with Crippen LogP contribution in [0.25, 0.3) is 0 Å². The third-order valence-electron chi connectivity index (χ3n) is 2.10. The Labute approximate surface area is 81.7 Å². The summed E-state index contributed by atoms with van der Waals surface area (Å²) < 4.78 is 17.2. The van der Waals surface area contributed by atoms with E-state index in [1.807, 2.05) is 6.92 Å². The molecule has 1 saturated heterocycles. The Bertz CT molecular complexity index is 136. The van der Waals surface area contributed by atoms with E-state index < -0.39 is 8.80 Å². The third kappa shape index (κ3) is 3.05. The molecule has 1 aliphatic rings. The average Bonchev–Trinajstić information content (AvgIpc) is 2.11. The molecule has 0 N–H and O–H groups in total. The van der Waals surface area contributed by atoms with E-state index in [2.05, 4.69) is 13.8 Å². The number of hydrogen-bond donors (Lipinski definition) is 0. The van der Waals surface area contributed by atoms with E-state index in [0.717, 1.165) is 25.7 Å². The molecule has 0 aromatic rings. The predicted molar refractivity (Wildman–Crippen MR) is 53.5 cm³/mol. The minimum Gasteiger partial charge on any atom is -0.374 e. The van der Waals surface area contributed by atoms with E-state index >= 15 is 0 Å². The van der Waals surface area contributed by atoms with E-state index in [9.17, 15) is 0 Å². The van der Waals surface area contributed by atoms with Gasteiger partial charge in [0, 0.05) is 31.8 Å². The molecule has 0 radical (unpaired) electrons. The predicted octanol–water partition coefficient (Wildman–Crippen LogP) is 2.05. The molecule has 0 aromatic carbocycles. The zero-order valence-corrected chi connectivity index (χ0v) is 9.84. The molecule has 0 spiro atoms. The molecule has 0 aliphatic carbocycles. The lowest BCUT2D eigenvalue weighted by atomic mass is 10.2. The van der Waals surface area contributed by atoms with Gasteiger partial charge >= 0.3 is 8.80 Å². The van der Waals surface area contributed by atoms with Gasteiger partial charge in [-0.25, -0.2) is 0 Å². The smallest absolute Gasteiger partial charge is 0.374 e. The van der Waals surface area contributed by atoms with Crippen LogP contribution in [0.4, 0.5) is 0 Å². The van der Waals surface area contributed by atoms with Gasteiger partial charge in [-0.2, -0.15) is 0 Å². The first-order valence-electron chi connectivity index (χ1n) is 5.14. The molecule has 1 rings (SSSR count). The fraction of sp³-hybridized carbons (Fsp3) is 1.00. The highest BCUT2D eigenvalue weighted by Gasteiger charge is 2.43. The summed E-state index contributed by atoms with van der Waals surface area (Å²) in [6.07, 6.45) is 1.07. The molecule has 4 heteroatoms. The molecular weight excluding hydrogens is 184 g/mol. The van der Waals surface area contributed by atoms with Crippen molar-refractivity contribution < 1.29 is 13.3 Å². The largest absolute Gasteiger partial charge is 0.500 e. The van der Waals surface area contributed by atoms with Crippen molar-refractivity contribution in [3.63, 3.8) is 0 Å². The molecule has 13 heavy (non-hydrogen) atoms. The minimum atomic E-state index is -2.22. The maximum absolute atomic E-state index is 5.75. The lowest BCUT2D eigenvalue weighted by Crippen LogP contribution is -2.51. The highest BCUT2D eigenvalue weighted by molar-refractivity contribution is 6.60. The lowest BCUT2D eigenvalue weighted by Gasteiger charge is -2.35. The summed E-state index contributed by atoms with van der Waals surface area (Å²) in [6, 6.07) is 0.952. The molecule has 0 atom stereocenters. The van der Waals surface area contributed by atoms with Gasteiger partial charge in [-0.15, -0.1) is 0 Å². The summed E-state index contributed by atoms with van der Waals surface area (Å²) in [5.74, 6) is 0.512. The Hall–Kier alpha value is 0.0969. The van der Waals surface area contributed by atoms with E-state index in [0.29, 0.717) is 12.5 Å². The average molecular weight is 204 g/mol. The van der Waals surface area contributed by atoms with Crippen LogP contribution in [0.2, 0.25) is 6.04 Å². The fourth-order valence-electron chi connectivity index (χ4n) is 1.45. The molecule has 0 saturated carbocycles. The highest BCUT2D eigenvalue weighted by atomic mass is 28.4. The van der Waals surface area contributed by atoms with Crippen molar-refractivity contribution in [2.75, 3.05) is 19.8 Å². The number of hydrogen-bond acceptors (Lipinski definition) is 3.